The molecule has 1 aromatic heterocycles. The summed E-state index contributed by atoms with van der Waals surface area (Å²) in [4.78, 5) is 39.0. The molecular weight excluding hydrogens is 578 g/mol. The van der Waals surface area contributed by atoms with Crippen LogP contribution in [-0.4, -0.2) is 47.7 Å². The zero-order valence-electron chi connectivity index (χ0n) is 24.5. The summed E-state index contributed by atoms with van der Waals surface area (Å²) in [6.07, 6.45) is 8.56. The molecule has 11 heteroatoms. The molecule has 10 nitrogen and oxygen atoms in total. The summed E-state index contributed by atoms with van der Waals surface area (Å²) in [6.45, 7) is 0. The number of nitrogens with one attached hydrogen (secondary N) is 3. The highest BCUT2D eigenvalue weighted by molar-refractivity contribution is 7.89. The molecule has 3 amide bonds. The fourth-order valence-electron chi connectivity index (χ4n) is 6.19. The van der Waals surface area contributed by atoms with Crippen LogP contribution in [-0.2, 0) is 14.8 Å². The van der Waals surface area contributed by atoms with Gasteiger partial charge in [-0.25, -0.2) is 17.8 Å². The standard InChI is InChI=1S/C33H35N5O5S/c1-44(42,43)37-31(40)23-13-16-25(17-14-23)34-32(41)33(19-8-20-33)35-30(39)24-15-18-27-28(21-24)36-38(26-11-6-3-7-12-26)29(27)22-9-4-2-5-10-22/h3,6-7,11-18,21-22H,2,4-5,8-10,19-20H2,1H3,(H,34,41)(H,35,39)(H,37,40). The van der Waals surface area contributed by atoms with Crippen LogP contribution < -0.4 is 15.4 Å². The highest BCUT2D eigenvalue weighted by Gasteiger charge is 2.45. The third-order valence-electron chi connectivity index (χ3n) is 8.64. The normalized spacial score (nSPS) is 16.6. The maximum atomic E-state index is 13.5. The zero-order chi connectivity index (χ0) is 30.9. The Morgan fingerprint density at radius 2 is 1.52 bits per heavy atom. The molecule has 6 rings (SSSR count). The lowest BCUT2D eigenvalue weighted by atomic mass is 9.75. The lowest BCUT2D eigenvalue weighted by Gasteiger charge is -2.40. The molecule has 2 saturated carbocycles. The number of para-hydroxylation sites is 1. The van der Waals surface area contributed by atoms with E-state index < -0.39 is 21.5 Å². The van der Waals surface area contributed by atoms with Crippen molar-refractivity contribution in [3.8, 4) is 5.69 Å². The number of benzene rings is 3. The quantitative estimate of drug-likeness (QED) is 0.254. The van der Waals surface area contributed by atoms with Crippen molar-refractivity contribution in [2.24, 2.45) is 0 Å². The largest absolute Gasteiger partial charge is 0.338 e. The molecule has 0 aliphatic heterocycles. The number of aromatic nitrogens is 2. The number of nitrogens with zero attached hydrogens (tertiary/aromatic N) is 2. The maximum absolute atomic E-state index is 13.5. The van der Waals surface area contributed by atoms with Crippen LogP contribution in [0.25, 0.3) is 16.6 Å². The molecular formula is C33H35N5O5S. The van der Waals surface area contributed by atoms with Crippen LogP contribution in [0.2, 0.25) is 0 Å². The van der Waals surface area contributed by atoms with E-state index in [1.54, 1.807) is 6.07 Å². The molecule has 2 aliphatic rings. The Morgan fingerprint density at radius 1 is 0.841 bits per heavy atom. The topological polar surface area (TPSA) is 139 Å². The monoisotopic (exact) mass is 613 g/mol. The first kappa shape index (κ1) is 29.6. The molecule has 0 spiro atoms. The Labute approximate surface area is 256 Å². The number of sulfonamides is 1. The van der Waals surface area contributed by atoms with Gasteiger partial charge in [0.2, 0.25) is 15.9 Å². The van der Waals surface area contributed by atoms with E-state index in [0.29, 0.717) is 30.0 Å². The first-order valence-electron chi connectivity index (χ1n) is 15.0. The Kier molecular flexibility index (Phi) is 7.98. The molecule has 0 radical (unpaired) electrons. The van der Waals surface area contributed by atoms with E-state index in [-0.39, 0.29) is 17.4 Å². The SMILES string of the molecule is CS(=O)(=O)NC(=O)c1ccc(NC(=O)C2(NC(=O)c3ccc4c(C5CCCCC5)n(-c5ccccc5)nc4c3)CCC2)cc1. The number of carbonyl (C=O) groups is 3. The van der Waals surface area contributed by atoms with Gasteiger partial charge < -0.3 is 10.6 Å². The third kappa shape index (κ3) is 6.10. The van der Waals surface area contributed by atoms with E-state index in [1.165, 1.54) is 49.2 Å². The number of rotatable bonds is 8. The number of amides is 3. The predicted molar refractivity (Wildman–Crippen MR) is 168 cm³/mol. The van der Waals surface area contributed by atoms with Crippen molar-refractivity contribution in [1.29, 1.82) is 0 Å². The summed E-state index contributed by atoms with van der Waals surface area (Å²) in [5.74, 6) is -1.05. The van der Waals surface area contributed by atoms with Crippen molar-refractivity contribution < 1.29 is 22.8 Å². The van der Waals surface area contributed by atoms with E-state index in [0.717, 1.165) is 42.1 Å². The first-order chi connectivity index (χ1) is 21.1. The minimum absolute atomic E-state index is 0.136. The van der Waals surface area contributed by atoms with Gasteiger partial charge in [0.25, 0.3) is 11.8 Å². The van der Waals surface area contributed by atoms with Gasteiger partial charge in [0.15, 0.2) is 0 Å². The summed E-state index contributed by atoms with van der Waals surface area (Å²) in [6, 6.07) is 21.6. The van der Waals surface area contributed by atoms with Gasteiger partial charge in [-0.3, -0.25) is 14.4 Å². The Bertz CT molecular complexity index is 1820. The summed E-state index contributed by atoms with van der Waals surface area (Å²) < 4.78 is 26.6. The van der Waals surface area contributed by atoms with Gasteiger partial charge in [-0.05, 0) is 80.6 Å². The average Bonchev–Trinajstić information content (AvgIpc) is 3.38. The van der Waals surface area contributed by atoms with Crippen LogP contribution in [0.4, 0.5) is 5.69 Å². The minimum Gasteiger partial charge on any atom is -0.338 e. The van der Waals surface area contributed by atoms with Crippen molar-refractivity contribution in [3.05, 3.63) is 89.6 Å². The Balaban J connectivity index is 1.21. The zero-order valence-corrected chi connectivity index (χ0v) is 25.3. The van der Waals surface area contributed by atoms with Gasteiger partial charge in [-0.1, -0.05) is 43.5 Å². The van der Waals surface area contributed by atoms with Crippen molar-refractivity contribution in [3.63, 3.8) is 0 Å². The molecule has 0 saturated heterocycles. The average molecular weight is 614 g/mol. The van der Waals surface area contributed by atoms with Gasteiger partial charge in [0, 0.05) is 28.1 Å². The minimum atomic E-state index is -3.70. The van der Waals surface area contributed by atoms with E-state index in [9.17, 15) is 22.8 Å². The van der Waals surface area contributed by atoms with E-state index in [1.807, 2.05) is 51.9 Å². The van der Waals surface area contributed by atoms with Gasteiger partial charge in [0.05, 0.1) is 23.2 Å². The second-order valence-electron chi connectivity index (χ2n) is 11.8. The van der Waals surface area contributed by atoms with Crippen LogP contribution >= 0.6 is 0 Å². The first-order valence-corrected chi connectivity index (χ1v) is 16.9. The lowest BCUT2D eigenvalue weighted by molar-refractivity contribution is -0.125. The molecule has 0 bridgehead atoms. The van der Waals surface area contributed by atoms with Crippen molar-refractivity contribution >= 4 is 44.3 Å². The number of hydrogen-bond donors (Lipinski definition) is 3. The number of fused-ring (bicyclic) bond motifs is 1. The van der Waals surface area contributed by atoms with Crippen LogP contribution in [0, 0.1) is 0 Å². The molecule has 3 aromatic carbocycles. The highest BCUT2D eigenvalue weighted by Crippen LogP contribution is 2.38. The lowest BCUT2D eigenvalue weighted by Crippen LogP contribution is -2.61. The van der Waals surface area contributed by atoms with Crippen LogP contribution in [0.3, 0.4) is 0 Å². The van der Waals surface area contributed by atoms with E-state index in [4.69, 9.17) is 5.10 Å². The van der Waals surface area contributed by atoms with Crippen molar-refractivity contribution in [2.75, 3.05) is 11.6 Å². The Morgan fingerprint density at radius 3 is 2.16 bits per heavy atom. The fourth-order valence-corrected chi connectivity index (χ4v) is 6.65. The van der Waals surface area contributed by atoms with Crippen LogP contribution in [0.1, 0.15) is 83.7 Å². The molecule has 0 unspecified atom stereocenters. The van der Waals surface area contributed by atoms with Gasteiger partial charge in [0.1, 0.15) is 5.54 Å². The molecule has 0 atom stereocenters. The predicted octanol–water partition coefficient (Wildman–Crippen LogP) is 5.05. The summed E-state index contributed by atoms with van der Waals surface area (Å²) in [5.41, 5.74) is 2.86. The second-order valence-corrected chi connectivity index (χ2v) is 13.6. The van der Waals surface area contributed by atoms with Gasteiger partial charge >= 0.3 is 0 Å². The van der Waals surface area contributed by atoms with E-state index in [2.05, 4.69) is 10.6 Å². The molecule has 44 heavy (non-hydrogen) atoms. The number of hydrogen-bond acceptors (Lipinski definition) is 6. The van der Waals surface area contributed by atoms with Gasteiger partial charge in [-0.15, -0.1) is 0 Å². The summed E-state index contributed by atoms with van der Waals surface area (Å²) >= 11 is 0. The number of carbonyl (C=O) groups excluding carboxylic acids is 3. The fraction of sp³-hybridized carbons (Fsp3) is 0.333. The van der Waals surface area contributed by atoms with Crippen LogP contribution in [0.15, 0.2) is 72.8 Å². The molecule has 4 aromatic rings. The maximum Gasteiger partial charge on any atom is 0.264 e. The Hall–Kier alpha value is -4.51. The van der Waals surface area contributed by atoms with Gasteiger partial charge in [-0.2, -0.15) is 5.10 Å². The second kappa shape index (κ2) is 11.9. The van der Waals surface area contributed by atoms with E-state index >= 15 is 0 Å². The smallest absolute Gasteiger partial charge is 0.264 e. The van der Waals surface area contributed by atoms with Crippen molar-refractivity contribution in [1.82, 2.24) is 19.8 Å². The number of anilines is 1. The molecule has 2 aliphatic carbocycles. The molecule has 1 heterocycles. The third-order valence-corrected chi connectivity index (χ3v) is 9.20. The molecule has 2 fully saturated rings. The van der Waals surface area contributed by atoms with Crippen LogP contribution in [0.5, 0.6) is 0 Å². The summed E-state index contributed by atoms with van der Waals surface area (Å²) in [5, 5.41) is 11.8. The van der Waals surface area contributed by atoms with Crippen molar-refractivity contribution in [2.45, 2.75) is 62.8 Å². The summed E-state index contributed by atoms with van der Waals surface area (Å²) in [7, 11) is -3.70. The highest BCUT2D eigenvalue weighted by atomic mass is 32.2. The molecule has 3 N–H and O–H groups in total. The molecule has 228 valence electrons.